The van der Waals surface area contributed by atoms with E-state index in [9.17, 15) is 4.39 Å². The van der Waals surface area contributed by atoms with Crippen LogP contribution in [0.4, 0.5) is 4.39 Å². The first-order valence-electron chi connectivity index (χ1n) is 7.62. The van der Waals surface area contributed by atoms with Gasteiger partial charge in [0.15, 0.2) is 0 Å². The lowest BCUT2D eigenvalue weighted by Gasteiger charge is -2.32. The maximum Gasteiger partial charge on any atom is 0.218 e. The van der Waals surface area contributed by atoms with Gasteiger partial charge in [-0.3, -0.25) is 0 Å². The largest absolute Gasteiger partial charge is 0.474 e. The molecule has 1 saturated carbocycles. The zero-order chi connectivity index (χ0) is 14.5. The molecule has 0 aromatic carbocycles. The van der Waals surface area contributed by atoms with Crippen molar-refractivity contribution in [3.05, 3.63) is 23.6 Å². The number of ether oxygens (including phenoxy) is 1. The summed E-state index contributed by atoms with van der Waals surface area (Å²) in [4.78, 5) is 4.13. The van der Waals surface area contributed by atoms with Crippen molar-refractivity contribution >= 4 is 0 Å². The Labute approximate surface area is 120 Å². The van der Waals surface area contributed by atoms with Crippen LogP contribution in [-0.2, 0) is 6.54 Å². The molecule has 0 aliphatic heterocycles. The van der Waals surface area contributed by atoms with Crippen molar-refractivity contribution in [2.24, 2.45) is 11.8 Å². The van der Waals surface area contributed by atoms with E-state index in [0.29, 0.717) is 18.3 Å². The van der Waals surface area contributed by atoms with Crippen molar-refractivity contribution in [2.45, 2.75) is 52.7 Å². The fourth-order valence-corrected chi connectivity index (χ4v) is 2.72. The molecule has 2 rings (SSSR count). The predicted molar refractivity (Wildman–Crippen MR) is 78.2 cm³/mol. The van der Waals surface area contributed by atoms with E-state index in [1.165, 1.54) is 18.7 Å². The smallest absolute Gasteiger partial charge is 0.218 e. The second-order valence-corrected chi connectivity index (χ2v) is 5.91. The van der Waals surface area contributed by atoms with E-state index >= 15 is 0 Å². The molecule has 1 aromatic rings. The molecule has 1 fully saturated rings. The standard InChI is InChI=1S/C16H25FN2O/c1-4-18-9-13-8-14(17)10-19-16(13)20-15-6-5-11(2)12(3)7-15/h8,10-12,15,18H,4-7,9H2,1-3H3. The first kappa shape index (κ1) is 15.2. The zero-order valence-electron chi connectivity index (χ0n) is 12.7. The summed E-state index contributed by atoms with van der Waals surface area (Å²) < 4.78 is 19.4. The van der Waals surface area contributed by atoms with Gasteiger partial charge >= 0.3 is 0 Å². The van der Waals surface area contributed by atoms with Gasteiger partial charge < -0.3 is 10.1 Å². The van der Waals surface area contributed by atoms with Gasteiger partial charge in [0.25, 0.3) is 0 Å². The van der Waals surface area contributed by atoms with E-state index < -0.39 is 0 Å². The molecular formula is C16H25FN2O. The maximum atomic E-state index is 13.3. The highest BCUT2D eigenvalue weighted by Gasteiger charge is 2.26. The number of nitrogens with zero attached hydrogens (tertiary/aromatic N) is 1. The fourth-order valence-electron chi connectivity index (χ4n) is 2.72. The monoisotopic (exact) mass is 280 g/mol. The molecule has 0 spiro atoms. The van der Waals surface area contributed by atoms with Crippen LogP contribution in [-0.4, -0.2) is 17.6 Å². The summed E-state index contributed by atoms with van der Waals surface area (Å²) in [5.41, 5.74) is 0.804. The number of pyridine rings is 1. The van der Waals surface area contributed by atoms with Crippen LogP contribution >= 0.6 is 0 Å². The number of halogens is 1. The van der Waals surface area contributed by atoms with E-state index in [2.05, 4.69) is 24.1 Å². The van der Waals surface area contributed by atoms with Crippen LogP contribution in [0.25, 0.3) is 0 Å². The van der Waals surface area contributed by atoms with Crippen molar-refractivity contribution in [1.29, 1.82) is 0 Å². The zero-order valence-corrected chi connectivity index (χ0v) is 12.7. The summed E-state index contributed by atoms with van der Waals surface area (Å²) in [7, 11) is 0. The molecule has 1 N–H and O–H groups in total. The molecule has 1 aromatic heterocycles. The second kappa shape index (κ2) is 7.02. The molecule has 3 unspecified atom stereocenters. The van der Waals surface area contributed by atoms with Crippen molar-refractivity contribution in [3.8, 4) is 5.88 Å². The molecule has 112 valence electrons. The molecular weight excluding hydrogens is 255 g/mol. The number of nitrogens with one attached hydrogen (secondary N) is 1. The number of hydrogen-bond donors (Lipinski definition) is 1. The van der Waals surface area contributed by atoms with Gasteiger partial charge in [0.2, 0.25) is 5.88 Å². The van der Waals surface area contributed by atoms with Crippen molar-refractivity contribution < 1.29 is 9.13 Å². The third kappa shape index (κ3) is 3.92. The third-order valence-corrected chi connectivity index (χ3v) is 4.29. The van der Waals surface area contributed by atoms with Crippen LogP contribution < -0.4 is 10.1 Å². The number of hydrogen-bond acceptors (Lipinski definition) is 3. The molecule has 1 aliphatic carbocycles. The Morgan fingerprint density at radius 1 is 1.35 bits per heavy atom. The first-order valence-corrected chi connectivity index (χ1v) is 7.62. The number of aromatic nitrogens is 1. The molecule has 4 heteroatoms. The average molecular weight is 280 g/mol. The highest BCUT2D eigenvalue weighted by Crippen LogP contribution is 2.32. The SMILES string of the molecule is CCNCc1cc(F)cnc1OC1CCC(C)C(C)C1. The Kier molecular flexibility index (Phi) is 5.35. The van der Waals surface area contributed by atoms with Gasteiger partial charge in [0.1, 0.15) is 11.9 Å². The highest BCUT2D eigenvalue weighted by atomic mass is 19.1. The normalized spacial score (nSPS) is 26.5. The summed E-state index contributed by atoms with van der Waals surface area (Å²) in [6.45, 7) is 8.03. The lowest BCUT2D eigenvalue weighted by atomic mass is 9.80. The van der Waals surface area contributed by atoms with Gasteiger partial charge in [-0.1, -0.05) is 20.8 Å². The van der Waals surface area contributed by atoms with Crippen LogP contribution in [0.3, 0.4) is 0 Å². The summed E-state index contributed by atoms with van der Waals surface area (Å²) in [6.07, 6.45) is 4.75. The van der Waals surface area contributed by atoms with Crippen LogP contribution in [0.15, 0.2) is 12.3 Å². The minimum Gasteiger partial charge on any atom is -0.474 e. The molecule has 0 bridgehead atoms. The highest BCUT2D eigenvalue weighted by molar-refractivity contribution is 5.26. The molecule has 0 amide bonds. The summed E-state index contributed by atoms with van der Waals surface area (Å²) in [5.74, 6) is 1.71. The maximum absolute atomic E-state index is 13.3. The quantitative estimate of drug-likeness (QED) is 0.896. The topological polar surface area (TPSA) is 34.2 Å². The first-order chi connectivity index (χ1) is 9.60. The van der Waals surface area contributed by atoms with Crippen molar-refractivity contribution in [2.75, 3.05) is 6.54 Å². The minimum atomic E-state index is -0.309. The van der Waals surface area contributed by atoms with Crippen LogP contribution in [0.1, 0.15) is 45.6 Å². The van der Waals surface area contributed by atoms with E-state index in [1.54, 1.807) is 0 Å². The Hall–Kier alpha value is -1.16. The Morgan fingerprint density at radius 2 is 2.15 bits per heavy atom. The van der Waals surface area contributed by atoms with E-state index in [0.717, 1.165) is 30.9 Å². The molecule has 1 aliphatic rings. The van der Waals surface area contributed by atoms with Gasteiger partial charge in [0.05, 0.1) is 6.20 Å². The van der Waals surface area contributed by atoms with Gasteiger partial charge in [0, 0.05) is 12.1 Å². The Balaban J connectivity index is 2.04. The van der Waals surface area contributed by atoms with E-state index in [1.807, 2.05) is 6.92 Å². The van der Waals surface area contributed by atoms with Gasteiger partial charge in [-0.15, -0.1) is 0 Å². The molecule has 20 heavy (non-hydrogen) atoms. The van der Waals surface area contributed by atoms with E-state index in [-0.39, 0.29) is 11.9 Å². The average Bonchev–Trinajstić information content (AvgIpc) is 2.43. The van der Waals surface area contributed by atoms with Gasteiger partial charge in [-0.25, -0.2) is 9.37 Å². The lowest BCUT2D eigenvalue weighted by molar-refractivity contribution is 0.0952. The molecule has 0 saturated heterocycles. The lowest BCUT2D eigenvalue weighted by Crippen LogP contribution is -2.29. The minimum absolute atomic E-state index is 0.208. The Bertz CT molecular complexity index is 438. The molecule has 0 radical (unpaired) electrons. The predicted octanol–water partition coefficient (Wildman–Crippen LogP) is 3.53. The fraction of sp³-hybridized carbons (Fsp3) is 0.688. The summed E-state index contributed by atoms with van der Waals surface area (Å²) in [5, 5.41) is 3.20. The Morgan fingerprint density at radius 3 is 2.85 bits per heavy atom. The molecule has 3 nitrogen and oxygen atoms in total. The third-order valence-electron chi connectivity index (χ3n) is 4.29. The van der Waals surface area contributed by atoms with E-state index in [4.69, 9.17) is 4.74 Å². The van der Waals surface area contributed by atoms with Crippen LogP contribution in [0.2, 0.25) is 0 Å². The summed E-state index contributed by atoms with van der Waals surface area (Å²) in [6, 6.07) is 1.51. The molecule has 1 heterocycles. The molecule has 3 atom stereocenters. The van der Waals surface area contributed by atoms with Gasteiger partial charge in [-0.05, 0) is 43.7 Å². The second-order valence-electron chi connectivity index (χ2n) is 5.91. The van der Waals surface area contributed by atoms with Crippen molar-refractivity contribution in [1.82, 2.24) is 10.3 Å². The summed E-state index contributed by atoms with van der Waals surface area (Å²) >= 11 is 0. The number of rotatable bonds is 5. The van der Waals surface area contributed by atoms with Gasteiger partial charge in [-0.2, -0.15) is 0 Å². The van der Waals surface area contributed by atoms with Crippen molar-refractivity contribution in [3.63, 3.8) is 0 Å². The van der Waals surface area contributed by atoms with Crippen LogP contribution in [0.5, 0.6) is 5.88 Å². The van der Waals surface area contributed by atoms with Crippen LogP contribution in [0, 0.1) is 17.7 Å².